The number of rotatable bonds is 8. The van der Waals surface area contributed by atoms with Crippen LogP contribution in [0.2, 0.25) is 0 Å². The number of methoxy groups -OCH3 is 1. The quantitative estimate of drug-likeness (QED) is 0.680. The van der Waals surface area contributed by atoms with E-state index in [1.165, 1.54) is 7.11 Å². The van der Waals surface area contributed by atoms with Crippen LogP contribution in [0.5, 0.6) is 11.5 Å². The average molecular weight is 343 g/mol. The summed E-state index contributed by atoms with van der Waals surface area (Å²) in [5.41, 5.74) is 6.39. The number of carbonyl (C=O) groups is 2. The van der Waals surface area contributed by atoms with Crippen LogP contribution in [0.3, 0.4) is 0 Å². The largest absolute Gasteiger partial charge is 0.494 e. The first-order valence-electron chi connectivity index (χ1n) is 7.78. The zero-order valence-corrected chi connectivity index (χ0v) is 14.0. The lowest BCUT2D eigenvalue weighted by molar-refractivity contribution is -0.118. The van der Waals surface area contributed by atoms with Crippen LogP contribution < -0.4 is 25.8 Å². The lowest BCUT2D eigenvalue weighted by atomic mass is 10.2. The van der Waals surface area contributed by atoms with Gasteiger partial charge in [0.2, 0.25) is 5.91 Å². The third-order valence-corrected chi connectivity index (χ3v) is 3.24. The molecule has 0 saturated carbocycles. The van der Waals surface area contributed by atoms with Gasteiger partial charge in [0.15, 0.2) is 6.61 Å². The third-order valence-electron chi connectivity index (χ3n) is 3.24. The second-order valence-corrected chi connectivity index (χ2v) is 5.15. The Bertz CT molecular complexity index is 720. The molecule has 2 amide bonds. The van der Waals surface area contributed by atoms with Crippen LogP contribution in [0.25, 0.3) is 0 Å². The zero-order chi connectivity index (χ0) is 18.1. The van der Waals surface area contributed by atoms with Crippen molar-refractivity contribution >= 4 is 23.2 Å². The van der Waals surface area contributed by atoms with Crippen LogP contribution in [-0.4, -0.2) is 32.1 Å². The number of para-hydroxylation sites is 1. The Morgan fingerprint density at radius 3 is 2.48 bits per heavy atom. The fraction of sp³-hybridized carbons (Fsp3) is 0.222. The average Bonchev–Trinajstić information content (AvgIpc) is 2.62. The monoisotopic (exact) mass is 343 g/mol. The molecule has 4 N–H and O–H groups in total. The molecule has 132 valence electrons. The molecule has 0 atom stereocenters. The van der Waals surface area contributed by atoms with Crippen LogP contribution >= 0.6 is 0 Å². The molecule has 0 aliphatic carbocycles. The van der Waals surface area contributed by atoms with Gasteiger partial charge in [0.05, 0.1) is 12.8 Å². The van der Waals surface area contributed by atoms with E-state index in [-0.39, 0.29) is 31.4 Å². The van der Waals surface area contributed by atoms with E-state index in [0.717, 1.165) is 0 Å². The van der Waals surface area contributed by atoms with Crippen molar-refractivity contribution in [1.29, 1.82) is 0 Å². The number of benzene rings is 2. The van der Waals surface area contributed by atoms with E-state index < -0.39 is 0 Å². The number of hydrogen-bond acceptors (Lipinski definition) is 5. The topological polar surface area (TPSA) is 103 Å². The highest BCUT2D eigenvalue weighted by Gasteiger charge is 2.10. The van der Waals surface area contributed by atoms with Crippen molar-refractivity contribution in [2.75, 3.05) is 30.9 Å². The highest BCUT2D eigenvalue weighted by molar-refractivity contribution is 5.95. The van der Waals surface area contributed by atoms with Crippen molar-refractivity contribution < 1.29 is 19.1 Å². The van der Waals surface area contributed by atoms with Gasteiger partial charge in [-0.1, -0.05) is 18.2 Å². The number of ether oxygens (including phenoxy) is 2. The van der Waals surface area contributed by atoms with Gasteiger partial charge in [0, 0.05) is 24.7 Å². The zero-order valence-electron chi connectivity index (χ0n) is 14.0. The molecule has 2 aromatic rings. The summed E-state index contributed by atoms with van der Waals surface area (Å²) in [4.78, 5) is 23.6. The standard InChI is InChI=1S/C18H21N3O4/c1-24-16-11-13(20-17(22)9-10-19)7-8-15(16)21-18(23)12-25-14-5-3-2-4-6-14/h2-8,11H,9-10,12,19H2,1H3,(H,20,22)(H,21,23). The molecule has 0 aliphatic heterocycles. The molecule has 25 heavy (non-hydrogen) atoms. The maximum Gasteiger partial charge on any atom is 0.262 e. The van der Waals surface area contributed by atoms with E-state index in [1.54, 1.807) is 30.3 Å². The molecular weight excluding hydrogens is 322 g/mol. The predicted molar refractivity (Wildman–Crippen MR) is 95.9 cm³/mol. The van der Waals surface area contributed by atoms with Crippen molar-refractivity contribution in [3.05, 3.63) is 48.5 Å². The summed E-state index contributed by atoms with van der Waals surface area (Å²) in [6.07, 6.45) is 0.234. The second-order valence-electron chi connectivity index (χ2n) is 5.15. The Hall–Kier alpha value is -3.06. The lowest BCUT2D eigenvalue weighted by Gasteiger charge is -2.13. The first-order valence-corrected chi connectivity index (χ1v) is 7.78. The van der Waals surface area contributed by atoms with E-state index in [9.17, 15) is 9.59 Å². The molecule has 0 fully saturated rings. The molecule has 2 aromatic carbocycles. The van der Waals surface area contributed by atoms with Crippen molar-refractivity contribution in [2.24, 2.45) is 5.73 Å². The molecule has 0 saturated heterocycles. The molecular formula is C18H21N3O4. The number of anilines is 2. The summed E-state index contributed by atoms with van der Waals surface area (Å²) < 4.78 is 10.7. The molecule has 0 aliphatic rings. The molecule has 2 rings (SSSR count). The van der Waals surface area contributed by atoms with Gasteiger partial charge in [0.1, 0.15) is 11.5 Å². The van der Waals surface area contributed by atoms with Gasteiger partial charge < -0.3 is 25.8 Å². The summed E-state index contributed by atoms with van der Waals surface area (Å²) in [5.74, 6) is 0.542. The number of nitrogens with one attached hydrogen (secondary N) is 2. The Balaban J connectivity index is 1.96. The number of carbonyl (C=O) groups excluding carboxylic acids is 2. The van der Waals surface area contributed by atoms with E-state index in [4.69, 9.17) is 15.2 Å². The highest BCUT2D eigenvalue weighted by Crippen LogP contribution is 2.28. The molecule has 0 heterocycles. The first-order chi connectivity index (χ1) is 12.1. The minimum absolute atomic E-state index is 0.123. The molecule has 0 radical (unpaired) electrons. The van der Waals surface area contributed by atoms with E-state index >= 15 is 0 Å². The van der Waals surface area contributed by atoms with Crippen molar-refractivity contribution in [3.63, 3.8) is 0 Å². The van der Waals surface area contributed by atoms with Gasteiger partial charge in [-0.15, -0.1) is 0 Å². The molecule has 0 unspecified atom stereocenters. The van der Waals surface area contributed by atoms with Crippen molar-refractivity contribution in [3.8, 4) is 11.5 Å². The minimum atomic E-state index is -0.318. The van der Waals surface area contributed by atoms with Gasteiger partial charge in [-0.3, -0.25) is 9.59 Å². The molecule has 7 nitrogen and oxygen atoms in total. The molecule has 0 aromatic heterocycles. The number of hydrogen-bond donors (Lipinski definition) is 3. The Kier molecular flexibility index (Phi) is 6.79. The van der Waals surface area contributed by atoms with Gasteiger partial charge in [-0.2, -0.15) is 0 Å². The summed E-state index contributed by atoms with van der Waals surface area (Å²) >= 11 is 0. The Morgan fingerprint density at radius 1 is 1.04 bits per heavy atom. The summed E-state index contributed by atoms with van der Waals surface area (Å²) in [6, 6.07) is 14.0. The van der Waals surface area contributed by atoms with Crippen LogP contribution in [0.1, 0.15) is 6.42 Å². The van der Waals surface area contributed by atoms with Gasteiger partial charge in [-0.05, 0) is 24.3 Å². The summed E-state index contributed by atoms with van der Waals surface area (Å²) in [7, 11) is 1.48. The normalized spacial score (nSPS) is 10.0. The van der Waals surface area contributed by atoms with Crippen molar-refractivity contribution in [1.82, 2.24) is 0 Å². The number of nitrogens with two attached hydrogens (primary N) is 1. The lowest BCUT2D eigenvalue weighted by Crippen LogP contribution is -2.20. The minimum Gasteiger partial charge on any atom is -0.494 e. The SMILES string of the molecule is COc1cc(NC(=O)CCN)ccc1NC(=O)COc1ccccc1. The maximum absolute atomic E-state index is 12.0. The molecule has 0 spiro atoms. The van der Waals surface area contributed by atoms with Gasteiger partial charge in [0.25, 0.3) is 5.91 Å². The first kappa shape index (κ1) is 18.3. The molecule has 7 heteroatoms. The second kappa shape index (κ2) is 9.29. The fourth-order valence-corrected chi connectivity index (χ4v) is 2.08. The van der Waals surface area contributed by atoms with Gasteiger partial charge >= 0.3 is 0 Å². The highest BCUT2D eigenvalue weighted by atomic mass is 16.5. The van der Waals surface area contributed by atoms with Crippen LogP contribution in [-0.2, 0) is 9.59 Å². The predicted octanol–water partition coefficient (Wildman–Crippen LogP) is 2.00. The third kappa shape index (κ3) is 5.82. The maximum atomic E-state index is 12.0. The van der Waals surface area contributed by atoms with Crippen LogP contribution in [0.15, 0.2) is 48.5 Å². The smallest absolute Gasteiger partial charge is 0.262 e. The molecule has 0 bridgehead atoms. The van der Waals surface area contributed by atoms with Crippen LogP contribution in [0, 0.1) is 0 Å². The van der Waals surface area contributed by atoms with E-state index in [1.807, 2.05) is 18.2 Å². The van der Waals surface area contributed by atoms with Crippen LogP contribution in [0.4, 0.5) is 11.4 Å². The number of amides is 2. The van der Waals surface area contributed by atoms with E-state index in [2.05, 4.69) is 10.6 Å². The Labute approximate surface area is 146 Å². The van der Waals surface area contributed by atoms with Gasteiger partial charge in [-0.25, -0.2) is 0 Å². The fourth-order valence-electron chi connectivity index (χ4n) is 2.08. The van der Waals surface area contributed by atoms with Crippen molar-refractivity contribution in [2.45, 2.75) is 6.42 Å². The Morgan fingerprint density at radius 2 is 1.80 bits per heavy atom. The van der Waals surface area contributed by atoms with E-state index in [0.29, 0.717) is 22.9 Å². The summed E-state index contributed by atoms with van der Waals surface area (Å²) in [5, 5.41) is 5.42. The summed E-state index contributed by atoms with van der Waals surface area (Å²) in [6.45, 7) is 0.153.